The fourth-order valence-electron chi connectivity index (χ4n) is 4.37. The smallest absolute Gasteiger partial charge is 0.220 e. The van der Waals surface area contributed by atoms with Gasteiger partial charge in [0.2, 0.25) is 6.54 Å². The largest absolute Gasteiger partial charge is 0.494 e. The van der Waals surface area contributed by atoms with Gasteiger partial charge in [-0.05, 0) is 94.1 Å². The number of nitro groups is 1. The standard InChI is InChI=1S/C30H27BrN4O4S/c1-3-38-26-13-11-25(12-14-26)35-20(2)32-33-30(35)40-29(18-34(36)37)24-10-15-28(27(31)17-24)39-19-21-8-9-22-6-4-5-7-23(22)16-21/h4-17,29H,3,18-19H2,1-2H3/t29-/m0/s1. The quantitative estimate of drug-likeness (QED) is 0.0855. The Morgan fingerprint density at radius 1 is 0.975 bits per heavy atom. The maximum atomic E-state index is 11.6. The molecule has 0 spiro atoms. The lowest BCUT2D eigenvalue weighted by atomic mass is 10.1. The van der Waals surface area contributed by atoms with Gasteiger partial charge in [-0.15, -0.1) is 10.2 Å². The molecular formula is C30H27BrN4O4S. The van der Waals surface area contributed by atoms with E-state index in [2.05, 4.69) is 56.5 Å². The topological polar surface area (TPSA) is 92.3 Å². The first-order valence-electron chi connectivity index (χ1n) is 12.7. The second-order valence-corrected chi connectivity index (χ2v) is 11.1. The van der Waals surface area contributed by atoms with Gasteiger partial charge in [-0.25, -0.2) is 0 Å². The molecular weight excluding hydrogens is 592 g/mol. The monoisotopic (exact) mass is 618 g/mol. The average Bonchev–Trinajstić information content (AvgIpc) is 3.31. The average molecular weight is 620 g/mol. The lowest BCUT2D eigenvalue weighted by Crippen LogP contribution is -2.11. The first-order valence-corrected chi connectivity index (χ1v) is 14.4. The van der Waals surface area contributed by atoms with Crippen LogP contribution in [0.2, 0.25) is 0 Å². The van der Waals surface area contributed by atoms with Crippen LogP contribution < -0.4 is 9.47 Å². The molecule has 0 aliphatic heterocycles. The van der Waals surface area contributed by atoms with Gasteiger partial charge in [-0.1, -0.05) is 54.2 Å². The molecule has 8 nitrogen and oxygen atoms in total. The van der Waals surface area contributed by atoms with E-state index in [-0.39, 0.29) is 11.5 Å². The fraction of sp³-hybridized carbons (Fsp3) is 0.200. The van der Waals surface area contributed by atoms with Crippen molar-refractivity contribution in [2.75, 3.05) is 13.2 Å². The molecule has 4 aromatic carbocycles. The van der Waals surface area contributed by atoms with Crippen LogP contribution in [-0.2, 0) is 6.61 Å². The number of thioether (sulfide) groups is 1. The molecule has 1 heterocycles. The number of ether oxygens (including phenoxy) is 2. The first kappa shape index (κ1) is 27.7. The summed E-state index contributed by atoms with van der Waals surface area (Å²) in [5.41, 5.74) is 2.69. The molecule has 1 atom stereocenters. The van der Waals surface area contributed by atoms with Crippen molar-refractivity contribution in [3.05, 3.63) is 116 Å². The van der Waals surface area contributed by atoms with Crippen molar-refractivity contribution in [1.29, 1.82) is 0 Å². The fourth-order valence-corrected chi connectivity index (χ4v) is 6.05. The highest BCUT2D eigenvalue weighted by molar-refractivity contribution is 9.10. The maximum absolute atomic E-state index is 11.6. The molecule has 0 amide bonds. The zero-order valence-corrected chi connectivity index (χ0v) is 24.4. The third-order valence-electron chi connectivity index (χ3n) is 6.30. The predicted octanol–water partition coefficient (Wildman–Crippen LogP) is 7.58. The summed E-state index contributed by atoms with van der Waals surface area (Å²) in [6.07, 6.45) is 0. The van der Waals surface area contributed by atoms with Crippen molar-refractivity contribution in [3.63, 3.8) is 0 Å². The summed E-state index contributed by atoms with van der Waals surface area (Å²) in [4.78, 5) is 11.3. The summed E-state index contributed by atoms with van der Waals surface area (Å²) in [7, 11) is 0. The summed E-state index contributed by atoms with van der Waals surface area (Å²) >= 11 is 4.91. The lowest BCUT2D eigenvalue weighted by Gasteiger charge is -2.16. The van der Waals surface area contributed by atoms with Crippen molar-refractivity contribution in [1.82, 2.24) is 14.8 Å². The van der Waals surface area contributed by atoms with E-state index < -0.39 is 5.25 Å². The minimum Gasteiger partial charge on any atom is -0.494 e. The van der Waals surface area contributed by atoms with Crippen molar-refractivity contribution < 1.29 is 14.4 Å². The summed E-state index contributed by atoms with van der Waals surface area (Å²) in [5, 5.41) is 22.6. The number of fused-ring (bicyclic) bond motifs is 1. The maximum Gasteiger partial charge on any atom is 0.220 e. The van der Waals surface area contributed by atoms with E-state index in [1.807, 2.05) is 73.0 Å². The van der Waals surface area contributed by atoms with Gasteiger partial charge in [-0.3, -0.25) is 14.7 Å². The predicted molar refractivity (Wildman–Crippen MR) is 160 cm³/mol. The second-order valence-electron chi connectivity index (χ2n) is 9.07. The third kappa shape index (κ3) is 6.46. The molecule has 0 saturated carbocycles. The van der Waals surface area contributed by atoms with Crippen LogP contribution in [-0.4, -0.2) is 32.8 Å². The Balaban J connectivity index is 1.35. The van der Waals surface area contributed by atoms with Gasteiger partial charge in [0.1, 0.15) is 29.2 Å². The van der Waals surface area contributed by atoms with Crippen LogP contribution in [0.4, 0.5) is 0 Å². The van der Waals surface area contributed by atoms with Gasteiger partial charge in [0.05, 0.1) is 11.1 Å². The Morgan fingerprint density at radius 3 is 2.48 bits per heavy atom. The van der Waals surface area contributed by atoms with Gasteiger partial charge < -0.3 is 9.47 Å². The van der Waals surface area contributed by atoms with Crippen molar-refractivity contribution >= 4 is 38.5 Å². The Bertz CT molecular complexity index is 1640. The number of nitrogens with zero attached hydrogens (tertiary/aromatic N) is 4. The number of rotatable bonds is 11. The lowest BCUT2D eigenvalue weighted by molar-refractivity contribution is -0.479. The second kappa shape index (κ2) is 12.5. The van der Waals surface area contributed by atoms with Crippen molar-refractivity contribution in [2.45, 2.75) is 30.9 Å². The van der Waals surface area contributed by atoms with Crippen LogP contribution in [0.1, 0.15) is 29.1 Å². The SMILES string of the molecule is CCOc1ccc(-n2c(C)nnc2S[C@@H](C[N+](=O)[O-])c2ccc(OCc3ccc4ccccc4c3)c(Br)c2)cc1. The summed E-state index contributed by atoms with van der Waals surface area (Å²) in [6.45, 7) is 4.50. The van der Waals surface area contributed by atoms with Crippen LogP contribution >= 0.6 is 27.7 Å². The molecule has 0 aliphatic carbocycles. The number of hydrogen-bond acceptors (Lipinski definition) is 7. The molecule has 5 aromatic rings. The van der Waals surface area contributed by atoms with E-state index >= 15 is 0 Å². The summed E-state index contributed by atoms with van der Waals surface area (Å²) in [5.74, 6) is 2.12. The Kier molecular flexibility index (Phi) is 8.66. The van der Waals surface area contributed by atoms with Crippen molar-refractivity contribution in [3.8, 4) is 17.2 Å². The van der Waals surface area contributed by atoms with Crippen LogP contribution in [0.5, 0.6) is 11.5 Å². The van der Waals surface area contributed by atoms with Gasteiger partial charge in [-0.2, -0.15) is 0 Å². The van der Waals surface area contributed by atoms with E-state index in [0.717, 1.165) is 32.4 Å². The van der Waals surface area contributed by atoms with E-state index in [4.69, 9.17) is 9.47 Å². The van der Waals surface area contributed by atoms with Gasteiger partial charge in [0.15, 0.2) is 5.16 Å². The van der Waals surface area contributed by atoms with Gasteiger partial charge >= 0.3 is 0 Å². The molecule has 0 radical (unpaired) electrons. The molecule has 0 saturated heterocycles. The minimum atomic E-state index is -0.495. The number of aryl methyl sites for hydroxylation is 1. The Hall–Kier alpha value is -3.89. The molecule has 0 bridgehead atoms. The zero-order chi connectivity index (χ0) is 28.1. The van der Waals surface area contributed by atoms with E-state index in [1.165, 1.54) is 17.1 Å². The zero-order valence-electron chi connectivity index (χ0n) is 22.0. The highest BCUT2D eigenvalue weighted by Gasteiger charge is 2.24. The number of hydrogen-bond donors (Lipinski definition) is 0. The molecule has 0 fully saturated rings. The molecule has 0 aliphatic rings. The van der Waals surface area contributed by atoms with Gasteiger partial charge in [0, 0.05) is 10.6 Å². The highest BCUT2D eigenvalue weighted by atomic mass is 79.9. The number of aromatic nitrogens is 3. The molecule has 0 N–H and O–H groups in total. The number of halogens is 1. The summed E-state index contributed by atoms with van der Waals surface area (Å²) < 4.78 is 14.3. The van der Waals surface area contributed by atoms with Crippen LogP contribution in [0, 0.1) is 17.0 Å². The molecule has 5 rings (SSSR count). The van der Waals surface area contributed by atoms with Gasteiger partial charge in [0.25, 0.3) is 0 Å². The van der Waals surface area contributed by atoms with E-state index in [9.17, 15) is 10.1 Å². The van der Waals surface area contributed by atoms with Crippen LogP contribution in [0.25, 0.3) is 16.5 Å². The minimum absolute atomic E-state index is 0.274. The molecule has 40 heavy (non-hydrogen) atoms. The van der Waals surface area contributed by atoms with E-state index in [1.54, 1.807) is 0 Å². The highest BCUT2D eigenvalue weighted by Crippen LogP contribution is 2.39. The molecule has 10 heteroatoms. The van der Waals surface area contributed by atoms with E-state index in [0.29, 0.717) is 29.9 Å². The number of benzene rings is 4. The third-order valence-corrected chi connectivity index (χ3v) is 8.10. The van der Waals surface area contributed by atoms with Crippen LogP contribution in [0.3, 0.4) is 0 Å². The van der Waals surface area contributed by atoms with Crippen molar-refractivity contribution in [2.24, 2.45) is 0 Å². The molecule has 0 unspecified atom stereocenters. The van der Waals surface area contributed by atoms with Crippen LogP contribution in [0.15, 0.2) is 94.6 Å². The normalized spacial score (nSPS) is 11.9. The summed E-state index contributed by atoms with van der Waals surface area (Å²) in [6, 6.07) is 27.6. The molecule has 204 valence electrons. The Labute approximate surface area is 244 Å². The Morgan fingerprint density at radius 2 is 1.75 bits per heavy atom. The molecule has 1 aromatic heterocycles. The first-order chi connectivity index (χ1) is 19.4.